The number of hydrogen-bond donors (Lipinski definition) is 1. The van der Waals surface area contributed by atoms with Gasteiger partial charge >= 0.3 is 0 Å². The Balaban J connectivity index is 1.28. The van der Waals surface area contributed by atoms with E-state index in [9.17, 15) is 9.18 Å². The molecule has 0 spiro atoms. The fourth-order valence-corrected chi connectivity index (χ4v) is 6.19. The van der Waals surface area contributed by atoms with Gasteiger partial charge < -0.3 is 5.32 Å². The zero-order valence-electron chi connectivity index (χ0n) is 18.2. The van der Waals surface area contributed by atoms with E-state index in [0.717, 1.165) is 42.3 Å². The molecule has 1 amide bonds. The van der Waals surface area contributed by atoms with E-state index >= 15 is 0 Å². The Hall–Kier alpha value is -2.46. The summed E-state index contributed by atoms with van der Waals surface area (Å²) >= 11 is 5.95. The maximum Gasteiger partial charge on any atom is 0.227 e. The van der Waals surface area contributed by atoms with E-state index in [0.29, 0.717) is 28.7 Å². The van der Waals surface area contributed by atoms with Gasteiger partial charge in [0.15, 0.2) is 0 Å². The van der Waals surface area contributed by atoms with Crippen LogP contribution in [0.3, 0.4) is 0 Å². The SMILES string of the molecule is CC(C(=O)Nc1ccc(Cl)cc1)C1CC2CC(CC(c3ccnc4ccc(F)cc34)C2)C1. The summed E-state index contributed by atoms with van der Waals surface area (Å²) in [7, 11) is 0. The van der Waals surface area contributed by atoms with Crippen LogP contribution in [-0.4, -0.2) is 10.9 Å². The molecule has 32 heavy (non-hydrogen) atoms. The molecule has 166 valence electrons. The molecular formula is C27H28ClFN2O. The molecule has 3 nitrogen and oxygen atoms in total. The maximum atomic E-state index is 13.9. The van der Waals surface area contributed by atoms with Crippen LogP contribution in [0.25, 0.3) is 10.9 Å². The molecule has 2 aliphatic carbocycles. The number of fused-ring (bicyclic) bond motifs is 3. The van der Waals surface area contributed by atoms with Gasteiger partial charge in [-0.2, -0.15) is 0 Å². The van der Waals surface area contributed by atoms with Gasteiger partial charge in [-0.1, -0.05) is 18.5 Å². The Labute approximate surface area is 193 Å². The van der Waals surface area contributed by atoms with Crippen LogP contribution in [0.4, 0.5) is 10.1 Å². The second kappa shape index (κ2) is 8.82. The molecule has 0 aliphatic heterocycles. The second-order valence-corrected chi connectivity index (χ2v) is 10.2. The molecule has 5 heteroatoms. The number of rotatable bonds is 4. The van der Waals surface area contributed by atoms with Crippen molar-refractivity contribution >= 4 is 34.1 Å². The molecule has 1 heterocycles. The van der Waals surface area contributed by atoms with Gasteiger partial charge in [-0.15, -0.1) is 0 Å². The predicted octanol–water partition coefficient (Wildman–Crippen LogP) is 7.21. The summed E-state index contributed by atoms with van der Waals surface area (Å²) in [5.41, 5.74) is 2.89. The number of carbonyl (C=O) groups is 1. The number of anilines is 1. The Kier molecular flexibility index (Phi) is 5.90. The summed E-state index contributed by atoms with van der Waals surface area (Å²) < 4.78 is 13.9. The molecule has 0 saturated heterocycles. The zero-order valence-corrected chi connectivity index (χ0v) is 19.0. The van der Waals surface area contributed by atoms with Crippen LogP contribution >= 0.6 is 11.6 Å². The summed E-state index contributed by atoms with van der Waals surface area (Å²) in [6.45, 7) is 2.06. The van der Waals surface area contributed by atoms with Gasteiger partial charge in [0.1, 0.15) is 5.82 Å². The Morgan fingerprint density at radius 1 is 1.03 bits per heavy atom. The fourth-order valence-electron chi connectivity index (χ4n) is 6.06. The quantitative estimate of drug-likeness (QED) is 0.456. The maximum absolute atomic E-state index is 13.9. The van der Waals surface area contributed by atoms with E-state index in [1.54, 1.807) is 24.3 Å². The first kappa shape index (κ1) is 21.4. The minimum atomic E-state index is -0.205. The lowest BCUT2D eigenvalue weighted by Gasteiger charge is -2.44. The van der Waals surface area contributed by atoms with Crippen LogP contribution in [0.5, 0.6) is 0 Å². The molecule has 2 saturated carbocycles. The van der Waals surface area contributed by atoms with Gasteiger partial charge in [0.2, 0.25) is 5.91 Å². The highest BCUT2D eigenvalue weighted by molar-refractivity contribution is 6.30. The average molecular weight is 451 g/mol. The highest BCUT2D eigenvalue weighted by atomic mass is 35.5. The highest BCUT2D eigenvalue weighted by Gasteiger charge is 2.40. The summed E-state index contributed by atoms with van der Waals surface area (Å²) in [6.07, 6.45) is 7.48. The van der Waals surface area contributed by atoms with Crippen LogP contribution in [0.2, 0.25) is 5.02 Å². The Bertz CT molecular complexity index is 1120. The number of nitrogens with one attached hydrogen (secondary N) is 1. The summed E-state index contributed by atoms with van der Waals surface area (Å²) in [5, 5.41) is 4.66. The van der Waals surface area contributed by atoms with Gasteiger partial charge in [-0.25, -0.2) is 4.39 Å². The minimum absolute atomic E-state index is 0.0246. The van der Waals surface area contributed by atoms with E-state index in [2.05, 4.69) is 23.3 Å². The number of amides is 1. The topological polar surface area (TPSA) is 42.0 Å². The summed E-state index contributed by atoms with van der Waals surface area (Å²) in [5.74, 6) is 1.92. The average Bonchev–Trinajstić information content (AvgIpc) is 2.79. The normalized spacial score (nSPS) is 26.0. The lowest BCUT2D eigenvalue weighted by atomic mass is 9.61. The molecule has 1 aromatic heterocycles. The molecule has 2 aliphatic rings. The van der Waals surface area contributed by atoms with Crippen molar-refractivity contribution in [1.29, 1.82) is 0 Å². The van der Waals surface area contributed by atoms with Crippen molar-refractivity contribution in [3.63, 3.8) is 0 Å². The Morgan fingerprint density at radius 3 is 2.47 bits per heavy atom. The third kappa shape index (κ3) is 4.38. The van der Waals surface area contributed by atoms with E-state index < -0.39 is 0 Å². The van der Waals surface area contributed by atoms with E-state index in [1.807, 2.05) is 18.3 Å². The van der Waals surface area contributed by atoms with E-state index in [4.69, 9.17) is 11.6 Å². The van der Waals surface area contributed by atoms with Crippen molar-refractivity contribution in [3.05, 3.63) is 71.1 Å². The van der Waals surface area contributed by atoms with Crippen LogP contribution in [-0.2, 0) is 4.79 Å². The fraction of sp³-hybridized carbons (Fsp3) is 0.407. The first-order chi connectivity index (χ1) is 15.5. The predicted molar refractivity (Wildman–Crippen MR) is 127 cm³/mol. The van der Waals surface area contributed by atoms with Crippen molar-refractivity contribution in [2.24, 2.45) is 23.7 Å². The lowest BCUT2D eigenvalue weighted by Crippen LogP contribution is -2.36. The molecule has 1 N–H and O–H groups in total. The molecule has 3 aromatic rings. The number of hydrogen-bond acceptors (Lipinski definition) is 2. The van der Waals surface area contributed by atoms with E-state index in [-0.39, 0.29) is 17.6 Å². The second-order valence-electron chi connectivity index (χ2n) is 9.71. The third-order valence-electron chi connectivity index (χ3n) is 7.58. The minimum Gasteiger partial charge on any atom is -0.326 e. The molecule has 3 atom stereocenters. The number of aromatic nitrogens is 1. The highest BCUT2D eigenvalue weighted by Crippen LogP contribution is 2.50. The first-order valence-corrected chi connectivity index (χ1v) is 11.9. The zero-order chi connectivity index (χ0) is 22.2. The van der Waals surface area contributed by atoms with Crippen LogP contribution < -0.4 is 5.32 Å². The molecular weight excluding hydrogens is 423 g/mol. The number of pyridine rings is 1. The molecule has 2 fully saturated rings. The van der Waals surface area contributed by atoms with E-state index in [1.165, 1.54) is 18.1 Å². The van der Waals surface area contributed by atoms with Crippen LogP contribution in [0.1, 0.15) is 50.5 Å². The van der Waals surface area contributed by atoms with Crippen molar-refractivity contribution < 1.29 is 9.18 Å². The number of carbonyl (C=O) groups excluding carboxylic acids is 1. The summed E-state index contributed by atoms with van der Waals surface area (Å²) in [6, 6.07) is 14.2. The van der Waals surface area contributed by atoms with Gasteiger partial charge in [0.25, 0.3) is 0 Å². The monoisotopic (exact) mass is 450 g/mol. The number of halogens is 2. The van der Waals surface area contributed by atoms with Crippen LogP contribution in [0, 0.1) is 29.5 Å². The smallest absolute Gasteiger partial charge is 0.227 e. The largest absolute Gasteiger partial charge is 0.326 e. The van der Waals surface area contributed by atoms with Crippen molar-refractivity contribution in [3.8, 4) is 0 Å². The standard InChI is InChI=1S/C27H28ClFN2O/c1-16(27(32)31-23-5-2-21(28)3-6-23)19-11-17-10-18(12-19)14-20(13-17)24-8-9-30-26-7-4-22(29)15-25(24)26/h2-9,15-20H,10-14H2,1H3,(H,31,32). The number of benzene rings is 2. The number of nitrogens with zero attached hydrogens (tertiary/aromatic N) is 1. The molecule has 2 bridgehead atoms. The molecule has 2 aromatic carbocycles. The van der Waals surface area contributed by atoms with Crippen LogP contribution in [0.15, 0.2) is 54.7 Å². The third-order valence-corrected chi connectivity index (χ3v) is 7.84. The van der Waals surface area contributed by atoms with Crippen molar-refractivity contribution in [2.45, 2.75) is 44.9 Å². The molecule has 0 radical (unpaired) electrons. The van der Waals surface area contributed by atoms with Gasteiger partial charge in [0.05, 0.1) is 5.52 Å². The van der Waals surface area contributed by atoms with Crippen molar-refractivity contribution in [1.82, 2.24) is 4.98 Å². The molecule has 3 unspecified atom stereocenters. The molecule has 5 rings (SSSR count). The van der Waals surface area contributed by atoms with Gasteiger partial charge in [-0.3, -0.25) is 9.78 Å². The lowest BCUT2D eigenvalue weighted by molar-refractivity contribution is -0.122. The Morgan fingerprint density at radius 2 is 1.75 bits per heavy atom. The summed E-state index contributed by atoms with van der Waals surface area (Å²) in [4.78, 5) is 17.3. The van der Waals surface area contributed by atoms with Gasteiger partial charge in [0, 0.05) is 28.2 Å². The van der Waals surface area contributed by atoms with Gasteiger partial charge in [-0.05, 0) is 110 Å². The first-order valence-electron chi connectivity index (χ1n) is 11.6. The van der Waals surface area contributed by atoms with Crippen molar-refractivity contribution in [2.75, 3.05) is 5.32 Å².